The Labute approximate surface area is 148 Å². The van der Waals surface area contributed by atoms with Crippen molar-refractivity contribution in [2.75, 3.05) is 5.32 Å². The van der Waals surface area contributed by atoms with E-state index in [-0.39, 0.29) is 5.97 Å². The molecule has 0 bridgehead atoms. The Hall–Kier alpha value is -2.39. The number of pyridine rings is 1. The lowest BCUT2D eigenvalue weighted by atomic mass is 9.91. The molecule has 2 aromatic rings. The number of benzene rings is 1. The average molecular weight is 386 g/mol. The first-order chi connectivity index (χ1) is 11.4. The number of carbonyl (C=O) groups is 1. The molecule has 2 atom stereocenters. The van der Waals surface area contributed by atoms with Crippen LogP contribution in [-0.2, 0) is 15.1 Å². The van der Waals surface area contributed by atoms with E-state index in [0.29, 0.717) is 17.8 Å². The smallest absolute Gasteiger partial charge is 0.329 e. The first kappa shape index (κ1) is 16.5. The fourth-order valence-corrected chi connectivity index (χ4v) is 3.37. The Morgan fingerprint density at radius 2 is 2.12 bits per heavy atom. The molecule has 0 saturated carbocycles. The summed E-state index contributed by atoms with van der Waals surface area (Å²) in [6.07, 6.45) is 2.23. The van der Waals surface area contributed by atoms with E-state index in [1.54, 1.807) is 18.3 Å². The number of halogens is 1. The van der Waals surface area contributed by atoms with Crippen LogP contribution in [0.15, 0.2) is 41.0 Å². The van der Waals surface area contributed by atoms with Gasteiger partial charge in [-0.1, -0.05) is 12.1 Å². The van der Waals surface area contributed by atoms with Gasteiger partial charge in [0.25, 0.3) is 0 Å². The first-order valence-electron chi connectivity index (χ1n) is 7.53. The van der Waals surface area contributed by atoms with Gasteiger partial charge in [-0.05, 0) is 59.1 Å². The SMILES string of the molecule is Cc1cnc(NC2CC(C)(c3ccc(C#N)cc3)OC2=O)c(Br)c1. The molecular weight excluding hydrogens is 370 g/mol. The number of hydrogen-bond acceptors (Lipinski definition) is 5. The molecule has 0 amide bonds. The van der Waals surface area contributed by atoms with Crippen LogP contribution in [0.2, 0.25) is 0 Å². The van der Waals surface area contributed by atoms with Gasteiger partial charge in [-0.2, -0.15) is 5.26 Å². The molecule has 2 unspecified atom stereocenters. The number of ether oxygens (including phenoxy) is 1. The van der Waals surface area contributed by atoms with Crippen LogP contribution in [0.1, 0.15) is 30.0 Å². The molecule has 1 aliphatic heterocycles. The molecule has 24 heavy (non-hydrogen) atoms. The van der Waals surface area contributed by atoms with Crippen LogP contribution in [0.3, 0.4) is 0 Å². The number of nitrogens with zero attached hydrogens (tertiary/aromatic N) is 2. The van der Waals surface area contributed by atoms with Crippen molar-refractivity contribution in [1.82, 2.24) is 4.98 Å². The monoisotopic (exact) mass is 385 g/mol. The zero-order valence-electron chi connectivity index (χ0n) is 13.3. The Morgan fingerprint density at radius 1 is 1.42 bits per heavy atom. The summed E-state index contributed by atoms with van der Waals surface area (Å²) in [6.45, 7) is 3.83. The molecule has 2 heterocycles. The molecule has 5 nitrogen and oxygen atoms in total. The summed E-state index contributed by atoms with van der Waals surface area (Å²) in [5, 5.41) is 12.0. The maximum atomic E-state index is 12.3. The van der Waals surface area contributed by atoms with Crippen molar-refractivity contribution < 1.29 is 9.53 Å². The fourth-order valence-electron chi connectivity index (χ4n) is 2.80. The molecule has 1 aromatic carbocycles. The molecular formula is C18H16BrN3O2. The highest BCUT2D eigenvalue weighted by Gasteiger charge is 2.45. The van der Waals surface area contributed by atoms with Crippen molar-refractivity contribution >= 4 is 27.7 Å². The van der Waals surface area contributed by atoms with Gasteiger partial charge >= 0.3 is 5.97 Å². The van der Waals surface area contributed by atoms with Gasteiger partial charge in [0, 0.05) is 12.6 Å². The maximum absolute atomic E-state index is 12.3. The predicted molar refractivity (Wildman–Crippen MR) is 93.3 cm³/mol. The second kappa shape index (κ2) is 6.25. The van der Waals surface area contributed by atoms with E-state index >= 15 is 0 Å². The lowest BCUT2D eigenvalue weighted by Crippen LogP contribution is -2.25. The number of carbonyl (C=O) groups excluding carboxylic acids is 1. The lowest BCUT2D eigenvalue weighted by Gasteiger charge is -2.23. The summed E-state index contributed by atoms with van der Waals surface area (Å²) in [4.78, 5) is 16.6. The number of anilines is 1. The first-order valence-corrected chi connectivity index (χ1v) is 8.33. The van der Waals surface area contributed by atoms with Crippen molar-refractivity contribution in [2.45, 2.75) is 31.9 Å². The number of rotatable bonds is 3. The molecule has 0 spiro atoms. The number of aryl methyl sites for hydroxylation is 1. The fraction of sp³-hybridized carbons (Fsp3) is 0.278. The molecule has 122 valence electrons. The van der Waals surface area contributed by atoms with Gasteiger partial charge in [0.2, 0.25) is 0 Å². The predicted octanol–water partition coefficient (Wildman–Crippen LogP) is 3.67. The Kier molecular flexibility index (Phi) is 4.29. The minimum Gasteiger partial charge on any atom is -0.453 e. The molecule has 0 radical (unpaired) electrons. The standard InChI is InChI=1S/C18H16BrN3O2/c1-11-7-14(19)16(21-10-11)22-15-8-18(2,24-17(15)23)13-5-3-12(9-20)4-6-13/h3-7,10,15H,8H2,1-2H3,(H,21,22). The number of hydrogen-bond donors (Lipinski definition) is 1. The van der Waals surface area contributed by atoms with E-state index in [1.165, 1.54) is 0 Å². The van der Waals surface area contributed by atoms with Crippen LogP contribution >= 0.6 is 15.9 Å². The minimum atomic E-state index is -0.722. The highest BCUT2D eigenvalue weighted by molar-refractivity contribution is 9.10. The molecule has 0 aliphatic carbocycles. The second-order valence-corrected chi connectivity index (χ2v) is 6.94. The van der Waals surface area contributed by atoms with Crippen molar-refractivity contribution in [3.8, 4) is 6.07 Å². The number of nitrogens with one attached hydrogen (secondary N) is 1. The van der Waals surface area contributed by atoms with Crippen molar-refractivity contribution in [3.63, 3.8) is 0 Å². The van der Waals surface area contributed by atoms with Gasteiger partial charge in [0.15, 0.2) is 0 Å². The van der Waals surface area contributed by atoms with Gasteiger partial charge in [-0.3, -0.25) is 0 Å². The third-order valence-electron chi connectivity index (χ3n) is 4.12. The van der Waals surface area contributed by atoms with E-state index in [9.17, 15) is 4.79 Å². The quantitative estimate of drug-likeness (QED) is 0.815. The summed E-state index contributed by atoms with van der Waals surface area (Å²) in [7, 11) is 0. The third kappa shape index (κ3) is 3.13. The summed E-state index contributed by atoms with van der Waals surface area (Å²) >= 11 is 3.46. The van der Waals surface area contributed by atoms with Crippen LogP contribution in [0.5, 0.6) is 0 Å². The third-order valence-corrected chi connectivity index (χ3v) is 4.72. The number of nitriles is 1. The van der Waals surface area contributed by atoms with Gasteiger partial charge in [0.1, 0.15) is 17.5 Å². The van der Waals surface area contributed by atoms with E-state index in [1.807, 2.05) is 32.0 Å². The highest BCUT2D eigenvalue weighted by atomic mass is 79.9. The average Bonchev–Trinajstić information content (AvgIpc) is 2.85. The molecule has 3 rings (SSSR count). The number of cyclic esters (lactones) is 1. The van der Waals surface area contributed by atoms with Crippen LogP contribution in [0, 0.1) is 18.3 Å². The van der Waals surface area contributed by atoms with Crippen LogP contribution in [-0.4, -0.2) is 17.0 Å². The molecule has 1 aromatic heterocycles. The van der Waals surface area contributed by atoms with Crippen molar-refractivity contribution in [1.29, 1.82) is 5.26 Å². The van der Waals surface area contributed by atoms with Crippen LogP contribution in [0.25, 0.3) is 0 Å². The van der Waals surface area contributed by atoms with Gasteiger partial charge < -0.3 is 10.1 Å². The number of esters is 1. The van der Waals surface area contributed by atoms with Crippen LogP contribution < -0.4 is 5.32 Å². The minimum absolute atomic E-state index is 0.309. The Morgan fingerprint density at radius 3 is 2.75 bits per heavy atom. The van der Waals surface area contributed by atoms with Gasteiger partial charge in [0.05, 0.1) is 16.1 Å². The highest BCUT2D eigenvalue weighted by Crippen LogP contribution is 2.38. The lowest BCUT2D eigenvalue weighted by molar-refractivity contribution is -0.148. The zero-order valence-corrected chi connectivity index (χ0v) is 14.9. The molecule has 1 saturated heterocycles. The summed E-state index contributed by atoms with van der Waals surface area (Å²) < 4.78 is 6.44. The maximum Gasteiger partial charge on any atom is 0.329 e. The number of aromatic nitrogens is 1. The van der Waals surface area contributed by atoms with E-state index < -0.39 is 11.6 Å². The topological polar surface area (TPSA) is 75.0 Å². The second-order valence-electron chi connectivity index (χ2n) is 6.09. The van der Waals surface area contributed by atoms with E-state index in [4.69, 9.17) is 10.00 Å². The Bertz CT molecular complexity index is 829. The Balaban J connectivity index is 1.80. The molecule has 1 N–H and O–H groups in total. The molecule has 1 fully saturated rings. The normalized spacial score (nSPS) is 22.8. The molecule has 6 heteroatoms. The van der Waals surface area contributed by atoms with E-state index in [2.05, 4.69) is 32.3 Å². The summed E-state index contributed by atoms with van der Waals surface area (Å²) in [5.41, 5.74) is 1.76. The molecule has 1 aliphatic rings. The van der Waals surface area contributed by atoms with Gasteiger partial charge in [-0.15, -0.1) is 0 Å². The zero-order chi connectivity index (χ0) is 17.3. The van der Waals surface area contributed by atoms with Crippen molar-refractivity contribution in [2.24, 2.45) is 0 Å². The van der Waals surface area contributed by atoms with Crippen molar-refractivity contribution in [3.05, 3.63) is 57.7 Å². The van der Waals surface area contributed by atoms with Crippen LogP contribution in [0.4, 0.5) is 5.82 Å². The van der Waals surface area contributed by atoms with Gasteiger partial charge in [-0.25, -0.2) is 9.78 Å². The summed E-state index contributed by atoms with van der Waals surface area (Å²) in [6, 6.07) is 10.7. The van der Waals surface area contributed by atoms with E-state index in [0.717, 1.165) is 15.6 Å². The largest absolute Gasteiger partial charge is 0.453 e. The summed E-state index contributed by atoms with van der Waals surface area (Å²) in [5.74, 6) is 0.308.